The molecule has 1 aromatic rings. The Hall–Kier alpha value is -2.14. The van der Waals surface area contributed by atoms with Crippen molar-refractivity contribution in [1.82, 2.24) is 15.1 Å². The minimum Gasteiger partial charge on any atom is -0.454 e. The molecule has 10 heteroatoms. The number of aliphatic hydroxyl groups excluding tert-OH is 1. The molecule has 0 aliphatic carbocycles. The third-order valence-corrected chi connectivity index (χ3v) is 6.53. The van der Waals surface area contributed by atoms with Crippen LogP contribution >= 0.6 is 24.0 Å². The van der Waals surface area contributed by atoms with E-state index in [1.807, 2.05) is 23.1 Å². The fourth-order valence-corrected chi connectivity index (χ4v) is 4.80. The highest BCUT2D eigenvalue weighted by molar-refractivity contribution is 8.26. The van der Waals surface area contributed by atoms with Gasteiger partial charge in [0.2, 0.25) is 12.7 Å². The molecule has 3 aliphatic heterocycles. The van der Waals surface area contributed by atoms with Gasteiger partial charge in [-0.2, -0.15) is 0 Å². The number of rotatable bonds is 6. The van der Waals surface area contributed by atoms with Gasteiger partial charge in [0.05, 0.1) is 17.6 Å². The monoisotopic (exact) mass is 449 g/mol. The van der Waals surface area contributed by atoms with E-state index in [-0.39, 0.29) is 24.7 Å². The lowest BCUT2D eigenvalue weighted by molar-refractivity contribution is -0.124. The van der Waals surface area contributed by atoms with Gasteiger partial charge in [-0.25, -0.2) is 0 Å². The van der Waals surface area contributed by atoms with E-state index < -0.39 is 0 Å². The van der Waals surface area contributed by atoms with Crippen LogP contribution in [0.3, 0.4) is 0 Å². The van der Waals surface area contributed by atoms with Crippen LogP contribution in [0.15, 0.2) is 23.1 Å². The number of thiocarbonyl (C=S) groups is 1. The molecule has 30 heavy (non-hydrogen) atoms. The van der Waals surface area contributed by atoms with Crippen molar-refractivity contribution >= 4 is 46.2 Å². The molecule has 0 atom stereocenters. The zero-order valence-corrected chi connectivity index (χ0v) is 18.0. The SMILES string of the molecule is O=C(CN1CCC(O)CC1)NCCN1C(=O)/C(=C\c2ccc3c(c2)OCO3)SC1=S. The van der Waals surface area contributed by atoms with E-state index in [1.165, 1.54) is 16.7 Å². The van der Waals surface area contributed by atoms with Gasteiger partial charge in [-0.1, -0.05) is 30.0 Å². The number of hydrogen-bond donors (Lipinski definition) is 2. The smallest absolute Gasteiger partial charge is 0.266 e. The average Bonchev–Trinajstić information content (AvgIpc) is 3.29. The summed E-state index contributed by atoms with van der Waals surface area (Å²) in [6.07, 6.45) is 2.91. The lowest BCUT2D eigenvalue weighted by Gasteiger charge is -2.28. The predicted molar refractivity (Wildman–Crippen MR) is 117 cm³/mol. The summed E-state index contributed by atoms with van der Waals surface area (Å²) in [6, 6.07) is 5.50. The number of nitrogens with one attached hydrogen (secondary N) is 1. The summed E-state index contributed by atoms with van der Waals surface area (Å²) in [6.45, 7) is 2.59. The fraction of sp³-hybridized carbons (Fsp3) is 0.450. The van der Waals surface area contributed by atoms with E-state index in [2.05, 4.69) is 5.32 Å². The third-order valence-electron chi connectivity index (χ3n) is 5.15. The zero-order chi connectivity index (χ0) is 21.1. The van der Waals surface area contributed by atoms with Crippen LogP contribution in [-0.2, 0) is 9.59 Å². The van der Waals surface area contributed by atoms with Crippen LogP contribution in [0.1, 0.15) is 18.4 Å². The van der Waals surface area contributed by atoms with Crippen molar-refractivity contribution in [2.45, 2.75) is 18.9 Å². The number of piperidine rings is 1. The summed E-state index contributed by atoms with van der Waals surface area (Å²) in [5.74, 6) is 1.09. The number of carbonyl (C=O) groups excluding carboxylic acids is 2. The summed E-state index contributed by atoms with van der Waals surface area (Å²) in [5, 5.41) is 12.4. The van der Waals surface area contributed by atoms with Gasteiger partial charge in [0.25, 0.3) is 5.91 Å². The molecule has 0 spiro atoms. The minimum atomic E-state index is -0.260. The van der Waals surface area contributed by atoms with Crippen molar-refractivity contribution in [3.8, 4) is 11.5 Å². The Kier molecular flexibility index (Phi) is 6.57. The van der Waals surface area contributed by atoms with Crippen molar-refractivity contribution in [3.05, 3.63) is 28.7 Å². The number of hydrogen-bond acceptors (Lipinski definition) is 8. The molecule has 0 aromatic heterocycles. The maximum atomic E-state index is 12.7. The number of aliphatic hydroxyl groups is 1. The fourth-order valence-electron chi connectivity index (χ4n) is 3.49. The Labute approximate surface area is 184 Å². The van der Waals surface area contributed by atoms with Crippen molar-refractivity contribution < 1.29 is 24.2 Å². The summed E-state index contributed by atoms with van der Waals surface area (Å²) >= 11 is 6.60. The van der Waals surface area contributed by atoms with Crippen LogP contribution in [-0.4, -0.2) is 76.7 Å². The molecule has 8 nitrogen and oxygen atoms in total. The number of nitrogens with zero attached hydrogens (tertiary/aromatic N) is 2. The molecule has 3 heterocycles. The molecule has 0 bridgehead atoms. The molecule has 1 aromatic carbocycles. The highest BCUT2D eigenvalue weighted by atomic mass is 32.2. The van der Waals surface area contributed by atoms with Crippen LogP contribution < -0.4 is 14.8 Å². The van der Waals surface area contributed by atoms with E-state index >= 15 is 0 Å². The second kappa shape index (κ2) is 9.34. The molecule has 4 rings (SSSR count). The first-order valence-electron chi connectivity index (χ1n) is 9.82. The first-order chi connectivity index (χ1) is 14.5. The molecule has 0 saturated carbocycles. The van der Waals surface area contributed by atoms with Crippen molar-refractivity contribution in [3.63, 3.8) is 0 Å². The van der Waals surface area contributed by atoms with Gasteiger partial charge in [-0.05, 0) is 36.6 Å². The van der Waals surface area contributed by atoms with Crippen LogP contribution in [0, 0.1) is 0 Å². The standard InChI is InChI=1S/C20H23N3O5S2/c24-14-3-6-22(7-4-14)11-18(25)21-5-8-23-19(26)17(30-20(23)29)10-13-1-2-15-16(9-13)28-12-27-15/h1-2,9-10,14,24H,3-8,11-12H2,(H,21,25)/b17-10+. The van der Waals surface area contributed by atoms with Crippen LogP contribution in [0.2, 0.25) is 0 Å². The van der Waals surface area contributed by atoms with E-state index in [4.69, 9.17) is 21.7 Å². The molecule has 160 valence electrons. The lowest BCUT2D eigenvalue weighted by Crippen LogP contribution is -2.44. The van der Waals surface area contributed by atoms with Gasteiger partial charge in [-0.15, -0.1) is 0 Å². The third kappa shape index (κ3) is 4.94. The molecular formula is C20H23N3O5S2. The van der Waals surface area contributed by atoms with Gasteiger partial charge >= 0.3 is 0 Å². The second-order valence-corrected chi connectivity index (χ2v) is 8.98. The Morgan fingerprint density at radius 3 is 2.87 bits per heavy atom. The molecular weight excluding hydrogens is 426 g/mol. The molecule has 3 aliphatic rings. The first-order valence-corrected chi connectivity index (χ1v) is 11.0. The van der Waals surface area contributed by atoms with Crippen LogP contribution in [0.4, 0.5) is 0 Å². The van der Waals surface area contributed by atoms with E-state index in [0.717, 1.165) is 5.56 Å². The largest absolute Gasteiger partial charge is 0.454 e. The lowest BCUT2D eigenvalue weighted by atomic mass is 10.1. The molecule has 0 radical (unpaired) electrons. The van der Waals surface area contributed by atoms with Gasteiger partial charge in [0.1, 0.15) is 4.32 Å². The molecule has 2 N–H and O–H groups in total. The number of fused-ring (bicyclic) bond motifs is 1. The number of likely N-dealkylation sites (tertiary alicyclic amines) is 1. The van der Waals surface area contributed by atoms with Gasteiger partial charge in [-0.3, -0.25) is 19.4 Å². The second-order valence-electron chi connectivity index (χ2n) is 7.30. The summed E-state index contributed by atoms with van der Waals surface area (Å²) in [7, 11) is 0. The summed E-state index contributed by atoms with van der Waals surface area (Å²) in [4.78, 5) is 28.9. The molecule has 0 unspecified atom stereocenters. The maximum Gasteiger partial charge on any atom is 0.266 e. The van der Waals surface area contributed by atoms with Crippen molar-refractivity contribution in [2.75, 3.05) is 39.5 Å². The van der Waals surface area contributed by atoms with E-state index in [0.29, 0.717) is 66.3 Å². The highest BCUT2D eigenvalue weighted by Crippen LogP contribution is 2.36. The van der Waals surface area contributed by atoms with Gasteiger partial charge < -0.3 is 19.9 Å². The summed E-state index contributed by atoms with van der Waals surface area (Å²) in [5.41, 5.74) is 0.833. The van der Waals surface area contributed by atoms with Gasteiger partial charge in [0.15, 0.2) is 11.5 Å². The predicted octanol–water partition coefficient (Wildman–Crippen LogP) is 1.19. The number of amides is 2. The summed E-state index contributed by atoms with van der Waals surface area (Å²) < 4.78 is 11.2. The van der Waals surface area contributed by atoms with Crippen LogP contribution in [0.25, 0.3) is 6.08 Å². The minimum absolute atomic E-state index is 0.0901. The Bertz CT molecular complexity index is 883. The van der Waals surface area contributed by atoms with Crippen molar-refractivity contribution in [1.29, 1.82) is 0 Å². The zero-order valence-electron chi connectivity index (χ0n) is 16.3. The Balaban J connectivity index is 1.27. The number of ether oxygens (including phenoxy) is 2. The maximum absolute atomic E-state index is 12.7. The number of carbonyl (C=O) groups is 2. The molecule has 2 fully saturated rings. The normalized spacial score (nSPS) is 21.0. The molecule has 2 saturated heterocycles. The average molecular weight is 450 g/mol. The van der Waals surface area contributed by atoms with Crippen molar-refractivity contribution in [2.24, 2.45) is 0 Å². The quantitative estimate of drug-likeness (QED) is 0.494. The Morgan fingerprint density at radius 1 is 1.30 bits per heavy atom. The molecule has 2 amide bonds. The number of thioether (sulfide) groups is 1. The van der Waals surface area contributed by atoms with Crippen LogP contribution in [0.5, 0.6) is 11.5 Å². The highest BCUT2D eigenvalue weighted by Gasteiger charge is 2.32. The van der Waals surface area contributed by atoms with E-state index in [9.17, 15) is 14.7 Å². The first kappa shape index (κ1) is 21.1. The van der Waals surface area contributed by atoms with Gasteiger partial charge in [0, 0.05) is 26.2 Å². The number of benzene rings is 1. The van der Waals surface area contributed by atoms with E-state index in [1.54, 1.807) is 6.08 Å². The Morgan fingerprint density at radius 2 is 2.07 bits per heavy atom. The topological polar surface area (TPSA) is 91.3 Å².